The van der Waals surface area contributed by atoms with Crippen LogP contribution in [0.1, 0.15) is 38.3 Å². The van der Waals surface area contributed by atoms with E-state index in [2.05, 4.69) is 24.4 Å². The molecule has 0 aliphatic carbocycles. The molecular formula is C16H24N2O. The molecule has 1 rings (SSSR count). The van der Waals surface area contributed by atoms with Gasteiger partial charge in [0.25, 0.3) is 0 Å². The van der Waals surface area contributed by atoms with Crippen molar-refractivity contribution < 1.29 is 4.74 Å². The van der Waals surface area contributed by atoms with Crippen LogP contribution in [-0.2, 0) is 0 Å². The maximum Gasteiger partial charge on any atom is 0.122 e. The average molecular weight is 260 g/mol. The molecule has 104 valence electrons. The number of hydrogen-bond donors (Lipinski definition) is 1. The topological polar surface area (TPSA) is 45.0 Å². The average Bonchev–Trinajstić information content (AvgIpc) is 2.33. The number of benzene rings is 1. The highest BCUT2D eigenvalue weighted by molar-refractivity contribution is 5.35. The largest absolute Gasteiger partial charge is 0.490 e. The van der Waals surface area contributed by atoms with Crippen LogP contribution in [0.15, 0.2) is 18.2 Å². The molecule has 0 spiro atoms. The van der Waals surface area contributed by atoms with Crippen molar-refractivity contribution >= 4 is 0 Å². The van der Waals surface area contributed by atoms with Crippen LogP contribution in [-0.4, -0.2) is 18.2 Å². The summed E-state index contributed by atoms with van der Waals surface area (Å²) in [5.41, 5.74) is 1.83. The number of hydrogen-bond acceptors (Lipinski definition) is 3. The number of aryl methyl sites for hydroxylation is 2. The molecule has 0 aliphatic heterocycles. The number of nitrogens with zero attached hydrogens (tertiary/aromatic N) is 1. The lowest BCUT2D eigenvalue weighted by atomic mass is 9.96. The Balaban J connectivity index is 2.69. The first-order valence-electron chi connectivity index (χ1n) is 6.80. The third-order valence-corrected chi connectivity index (χ3v) is 3.17. The second-order valence-electron chi connectivity index (χ2n) is 5.38. The Kier molecular flexibility index (Phi) is 5.38. The Bertz CT molecular complexity index is 464. The molecule has 2 unspecified atom stereocenters. The molecule has 0 saturated carbocycles. The second kappa shape index (κ2) is 6.58. The van der Waals surface area contributed by atoms with Crippen molar-refractivity contribution in [2.75, 3.05) is 6.54 Å². The summed E-state index contributed by atoms with van der Waals surface area (Å²) in [4.78, 5) is 0. The van der Waals surface area contributed by atoms with Gasteiger partial charge in [-0.2, -0.15) is 5.26 Å². The molecule has 0 fully saturated rings. The van der Waals surface area contributed by atoms with Gasteiger partial charge in [-0.15, -0.1) is 0 Å². The van der Waals surface area contributed by atoms with Gasteiger partial charge < -0.3 is 4.74 Å². The Hall–Kier alpha value is -1.53. The fraction of sp³-hybridized carbons (Fsp3) is 0.562. The number of nitrogens with one attached hydrogen (secondary N) is 1. The van der Waals surface area contributed by atoms with Crippen molar-refractivity contribution in [2.45, 2.75) is 52.7 Å². The van der Waals surface area contributed by atoms with Gasteiger partial charge >= 0.3 is 0 Å². The van der Waals surface area contributed by atoms with Crippen molar-refractivity contribution in [3.05, 3.63) is 29.3 Å². The van der Waals surface area contributed by atoms with Crippen molar-refractivity contribution in [2.24, 2.45) is 0 Å². The third-order valence-electron chi connectivity index (χ3n) is 3.17. The molecule has 0 bridgehead atoms. The predicted octanol–water partition coefficient (Wildman–Crippen LogP) is 3.35. The van der Waals surface area contributed by atoms with Gasteiger partial charge in [-0.05, 0) is 45.9 Å². The van der Waals surface area contributed by atoms with Gasteiger partial charge in [-0.3, -0.25) is 5.32 Å². The molecule has 0 saturated heterocycles. The standard InChI is InChI=1S/C16H24N2O/c1-6-18-16(5,11-17)10-14(4)19-15-8-7-12(2)9-13(15)3/h7-9,14,18H,6,10H2,1-5H3. The minimum absolute atomic E-state index is 0.00916. The Morgan fingerprint density at radius 3 is 2.63 bits per heavy atom. The first-order chi connectivity index (χ1) is 8.90. The van der Waals surface area contributed by atoms with Crippen LogP contribution in [0.25, 0.3) is 0 Å². The Morgan fingerprint density at radius 1 is 1.42 bits per heavy atom. The molecule has 0 radical (unpaired) electrons. The van der Waals surface area contributed by atoms with Gasteiger partial charge in [0.05, 0.1) is 12.2 Å². The number of nitriles is 1. The molecule has 0 aliphatic rings. The van der Waals surface area contributed by atoms with E-state index in [1.165, 1.54) is 5.56 Å². The Labute approximate surface area is 116 Å². The van der Waals surface area contributed by atoms with Crippen LogP contribution in [0, 0.1) is 25.2 Å². The maximum absolute atomic E-state index is 9.25. The summed E-state index contributed by atoms with van der Waals surface area (Å²) < 4.78 is 5.95. The zero-order chi connectivity index (χ0) is 14.5. The molecule has 3 nitrogen and oxygen atoms in total. The van der Waals surface area contributed by atoms with Gasteiger partial charge in [0.2, 0.25) is 0 Å². The summed E-state index contributed by atoms with van der Waals surface area (Å²) in [6.45, 7) is 10.8. The van der Waals surface area contributed by atoms with Gasteiger partial charge in [-0.1, -0.05) is 24.6 Å². The van der Waals surface area contributed by atoms with E-state index < -0.39 is 5.54 Å². The molecule has 1 aromatic rings. The second-order valence-corrected chi connectivity index (χ2v) is 5.38. The molecule has 0 heterocycles. The van der Waals surface area contributed by atoms with Gasteiger partial charge in [-0.25, -0.2) is 0 Å². The van der Waals surface area contributed by atoms with E-state index in [0.717, 1.165) is 17.9 Å². The van der Waals surface area contributed by atoms with Crippen LogP contribution < -0.4 is 10.1 Å². The lowest BCUT2D eigenvalue weighted by Crippen LogP contribution is -2.44. The third kappa shape index (κ3) is 4.57. The highest BCUT2D eigenvalue weighted by Crippen LogP contribution is 2.22. The van der Waals surface area contributed by atoms with Crippen molar-refractivity contribution in [1.29, 1.82) is 5.26 Å². The zero-order valence-electron chi connectivity index (χ0n) is 12.6. The van der Waals surface area contributed by atoms with Crippen LogP contribution >= 0.6 is 0 Å². The van der Waals surface area contributed by atoms with Crippen LogP contribution in [0.3, 0.4) is 0 Å². The SMILES string of the molecule is CCNC(C)(C#N)CC(C)Oc1ccc(C)cc1C. The van der Waals surface area contributed by atoms with E-state index >= 15 is 0 Å². The molecule has 2 atom stereocenters. The van der Waals surface area contributed by atoms with Crippen molar-refractivity contribution in [1.82, 2.24) is 5.32 Å². The molecule has 1 N–H and O–H groups in total. The van der Waals surface area contributed by atoms with E-state index in [-0.39, 0.29) is 6.10 Å². The normalized spacial score (nSPS) is 15.4. The molecular weight excluding hydrogens is 236 g/mol. The summed E-state index contributed by atoms with van der Waals surface area (Å²) >= 11 is 0. The highest BCUT2D eigenvalue weighted by Gasteiger charge is 2.26. The van der Waals surface area contributed by atoms with Crippen molar-refractivity contribution in [3.63, 3.8) is 0 Å². The number of rotatable bonds is 6. The fourth-order valence-electron chi connectivity index (χ4n) is 2.31. The van der Waals surface area contributed by atoms with E-state index in [1.807, 2.05) is 39.8 Å². The maximum atomic E-state index is 9.25. The smallest absolute Gasteiger partial charge is 0.122 e. The summed E-state index contributed by atoms with van der Waals surface area (Å²) in [6.07, 6.45) is 0.648. The monoisotopic (exact) mass is 260 g/mol. The predicted molar refractivity (Wildman–Crippen MR) is 78.3 cm³/mol. The van der Waals surface area contributed by atoms with Crippen LogP contribution in [0.2, 0.25) is 0 Å². The van der Waals surface area contributed by atoms with Crippen LogP contribution in [0.5, 0.6) is 5.75 Å². The summed E-state index contributed by atoms with van der Waals surface area (Å²) in [7, 11) is 0. The summed E-state index contributed by atoms with van der Waals surface area (Å²) in [5, 5.41) is 12.5. The minimum atomic E-state index is -0.535. The molecule has 0 amide bonds. The first-order valence-corrected chi connectivity index (χ1v) is 6.80. The van der Waals surface area contributed by atoms with Gasteiger partial charge in [0, 0.05) is 6.42 Å². The highest BCUT2D eigenvalue weighted by atomic mass is 16.5. The van der Waals surface area contributed by atoms with Gasteiger partial charge in [0.15, 0.2) is 0 Å². The first kappa shape index (κ1) is 15.5. The zero-order valence-corrected chi connectivity index (χ0v) is 12.6. The molecule has 19 heavy (non-hydrogen) atoms. The Morgan fingerprint density at radius 2 is 2.11 bits per heavy atom. The van der Waals surface area contributed by atoms with E-state index in [9.17, 15) is 5.26 Å². The van der Waals surface area contributed by atoms with Crippen LogP contribution in [0.4, 0.5) is 0 Å². The fourth-order valence-corrected chi connectivity index (χ4v) is 2.31. The molecule has 3 heteroatoms. The van der Waals surface area contributed by atoms with E-state index in [4.69, 9.17) is 4.74 Å². The summed E-state index contributed by atoms with van der Waals surface area (Å²) in [5.74, 6) is 0.898. The lowest BCUT2D eigenvalue weighted by Gasteiger charge is -2.27. The molecule has 0 aromatic heterocycles. The van der Waals surface area contributed by atoms with Crippen molar-refractivity contribution in [3.8, 4) is 11.8 Å². The quantitative estimate of drug-likeness (QED) is 0.853. The lowest BCUT2D eigenvalue weighted by molar-refractivity contribution is 0.179. The van der Waals surface area contributed by atoms with Gasteiger partial charge in [0.1, 0.15) is 11.3 Å². The minimum Gasteiger partial charge on any atom is -0.490 e. The summed E-state index contributed by atoms with van der Waals surface area (Å²) in [6, 6.07) is 8.48. The van der Waals surface area contributed by atoms with E-state index in [0.29, 0.717) is 6.42 Å². The number of ether oxygens (including phenoxy) is 1. The molecule has 1 aromatic carbocycles. The van der Waals surface area contributed by atoms with E-state index in [1.54, 1.807) is 0 Å².